The highest BCUT2D eigenvalue weighted by Crippen LogP contribution is 2.28. The van der Waals surface area contributed by atoms with E-state index in [9.17, 15) is 4.79 Å². The standard InChI is InChI=1S/C20H19N3O2/c21-11-15-3-1-2-4-19(15)25-17-7-5-14(6-8-17)20(24)22-18-13-23-10-9-16(18)12-23/h1-8,16,18H,9-10,12-13H2,(H,22,24)/t16-,18?/m0/s1. The van der Waals surface area contributed by atoms with Crippen molar-refractivity contribution in [2.45, 2.75) is 12.5 Å². The van der Waals surface area contributed by atoms with E-state index in [1.807, 2.05) is 6.07 Å². The molecule has 0 aromatic heterocycles. The number of ether oxygens (including phenoxy) is 1. The van der Waals surface area contributed by atoms with Gasteiger partial charge in [0.05, 0.1) is 5.56 Å². The van der Waals surface area contributed by atoms with Gasteiger partial charge in [0.25, 0.3) is 5.91 Å². The first-order chi connectivity index (χ1) is 12.2. The van der Waals surface area contributed by atoms with Gasteiger partial charge in [0.1, 0.15) is 17.6 Å². The first-order valence-electron chi connectivity index (χ1n) is 8.53. The number of carbonyl (C=O) groups is 1. The Morgan fingerprint density at radius 1 is 1.16 bits per heavy atom. The highest BCUT2D eigenvalue weighted by atomic mass is 16.5. The Bertz CT molecular complexity index is 826. The third-order valence-electron chi connectivity index (χ3n) is 5.00. The van der Waals surface area contributed by atoms with Crippen LogP contribution in [0.25, 0.3) is 0 Å². The SMILES string of the molecule is N#Cc1ccccc1Oc1ccc(C(=O)NC2CN3CC[C@H]2C3)cc1. The number of benzene rings is 2. The second kappa shape index (κ2) is 6.58. The minimum absolute atomic E-state index is 0.0391. The molecule has 25 heavy (non-hydrogen) atoms. The molecule has 5 nitrogen and oxygen atoms in total. The smallest absolute Gasteiger partial charge is 0.251 e. The van der Waals surface area contributed by atoms with Gasteiger partial charge in [0.15, 0.2) is 0 Å². The van der Waals surface area contributed by atoms with E-state index in [1.165, 1.54) is 6.42 Å². The molecule has 0 radical (unpaired) electrons. The Morgan fingerprint density at radius 2 is 1.96 bits per heavy atom. The Hall–Kier alpha value is -2.84. The van der Waals surface area contributed by atoms with E-state index in [-0.39, 0.29) is 11.9 Å². The number of nitriles is 1. The third kappa shape index (κ3) is 3.21. The van der Waals surface area contributed by atoms with Crippen LogP contribution in [0.3, 0.4) is 0 Å². The van der Waals surface area contributed by atoms with Gasteiger partial charge in [0.2, 0.25) is 0 Å². The van der Waals surface area contributed by atoms with Crippen molar-refractivity contribution < 1.29 is 9.53 Å². The molecule has 2 heterocycles. The molecule has 2 unspecified atom stereocenters. The van der Waals surface area contributed by atoms with Crippen LogP contribution >= 0.6 is 0 Å². The summed E-state index contributed by atoms with van der Waals surface area (Å²) in [5, 5.41) is 12.3. The van der Waals surface area contributed by atoms with Crippen LogP contribution in [0, 0.1) is 17.2 Å². The van der Waals surface area contributed by atoms with Crippen LogP contribution in [0.15, 0.2) is 48.5 Å². The number of para-hydroxylation sites is 1. The number of rotatable bonds is 4. The fourth-order valence-electron chi connectivity index (χ4n) is 3.65. The van der Waals surface area contributed by atoms with Gasteiger partial charge in [-0.3, -0.25) is 4.79 Å². The molecule has 4 rings (SSSR count). The monoisotopic (exact) mass is 333 g/mol. The summed E-state index contributed by atoms with van der Waals surface area (Å²) in [6, 6.07) is 16.5. The van der Waals surface area contributed by atoms with E-state index in [4.69, 9.17) is 10.00 Å². The molecule has 2 aromatic rings. The highest BCUT2D eigenvalue weighted by molar-refractivity contribution is 5.94. The summed E-state index contributed by atoms with van der Waals surface area (Å²) < 4.78 is 5.75. The van der Waals surface area contributed by atoms with Gasteiger partial charge in [-0.2, -0.15) is 5.26 Å². The Kier molecular flexibility index (Phi) is 4.12. The van der Waals surface area contributed by atoms with Crippen molar-refractivity contribution in [3.63, 3.8) is 0 Å². The second-order valence-electron chi connectivity index (χ2n) is 6.62. The van der Waals surface area contributed by atoms with E-state index < -0.39 is 0 Å². The predicted octanol–water partition coefficient (Wildman–Crippen LogP) is 2.78. The first-order valence-corrected chi connectivity index (χ1v) is 8.53. The molecule has 0 aliphatic carbocycles. The lowest BCUT2D eigenvalue weighted by molar-refractivity contribution is 0.0924. The van der Waals surface area contributed by atoms with Gasteiger partial charge in [-0.05, 0) is 55.3 Å². The maximum Gasteiger partial charge on any atom is 0.251 e. The largest absolute Gasteiger partial charge is 0.456 e. The maximum atomic E-state index is 12.4. The highest BCUT2D eigenvalue weighted by Gasteiger charge is 2.38. The van der Waals surface area contributed by atoms with Gasteiger partial charge < -0.3 is 15.0 Å². The molecule has 0 spiro atoms. The quantitative estimate of drug-likeness (QED) is 0.934. The van der Waals surface area contributed by atoms with Crippen LogP contribution in [0.1, 0.15) is 22.3 Å². The fourth-order valence-corrected chi connectivity index (χ4v) is 3.65. The number of hydrogen-bond donors (Lipinski definition) is 1. The lowest BCUT2D eigenvalue weighted by atomic mass is 9.99. The summed E-state index contributed by atoms with van der Waals surface area (Å²) in [6.07, 6.45) is 1.18. The Morgan fingerprint density at radius 3 is 2.64 bits per heavy atom. The molecule has 2 bridgehead atoms. The van der Waals surface area contributed by atoms with Gasteiger partial charge >= 0.3 is 0 Å². The number of nitrogens with one attached hydrogen (secondary N) is 1. The van der Waals surface area contributed by atoms with Crippen LogP contribution in [0.5, 0.6) is 11.5 Å². The zero-order chi connectivity index (χ0) is 17.2. The summed E-state index contributed by atoms with van der Waals surface area (Å²) in [4.78, 5) is 14.8. The molecule has 1 amide bonds. The van der Waals surface area contributed by atoms with Crippen molar-refractivity contribution in [1.29, 1.82) is 5.26 Å². The second-order valence-corrected chi connectivity index (χ2v) is 6.62. The number of amides is 1. The van der Waals surface area contributed by atoms with Crippen molar-refractivity contribution in [1.82, 2.24) is 10.2 Å². The van der Waals surface area contributed by atoms with Crippen molar-refractivity contribution in [2.24, 2.45) is 5.92 Å². The molecular weight excluding hydrogens is 314 g/mol. The average molecular weight is 333 g/mol. The lowest BCUT2D eigenvalue weighted by Gasteiger charge is -2.23. The zero-order valence-corrected chi connectivity index (χ0v) is 13.8. The fraction of sp³-hybridized carbons (Fsp3) is 0.300. The molecule has 5 heteroatoms. The summed E-state index contributed by atoms with van der Waals surface area (Å²) in [6.45, 7) is 3.23. The molecule has 2 aromatic carbocycles. The third-order valence-corrected chi connectivity index (χ3v) is 5.00. The summed E-state index contributed by atoms with van der Waals surface area (Å²) >= 11 is 0. The van der Waals surface area contributed by atoms with Crippen molar-refractivity contribution >= 4 is 5.91 Å². The molecule has 2 saturated heterocycles. The van der Waals surface area contributed by atoms with E-state index in [1.54, 1.807) is 42.5 Å². The topological polar surface area (TPSA) is 65.4 Å². The van der Waals surface area contributed by atoms with Crippen LogP contribution in [-0.4, -0.2) is 36.5 Å². The molecular formula is C20H19N3O2. The molecule has 3 atom stereocenters. The zero-order valence-electron chi connectivity index (χ0n) is 13.8. The molecule has 126 valence electrons. The van der Waals surface area contributed by atoms with Crippen LogP contribution < -0.4 is 10.1 Å². The lowest BCUT2D eigenvalue weighted by Crippen LogP contribution is -2.43. The van der Waals surface area contributed by atoms with Gasteiger partial charge in [-0.1, -0.05) is 12.1 Å². The molecule has 2 aliphatic rings. The minimum Gasteiger partial charge on any atom is -0.456 e. The molecule has 0 saturated carbocycles. The number of piperidine rings is 1. The van der Waals surface area contributed by atoms with E-state index in [0.717, 1.165) is 19.6 Å². The summed E-state index contributed by atoms with van der Waals surface area (Å²) in [7, 11) is 0. The Labute approximate surface area is 146 Å². The normalized spacial score (nSPS) is 23.9. The van der Waals surface area contributed by atoms with E-state index in [0.29, 0.717) is 28.5 Å². The minimum atomic E-state index is -0.0391. The molecule has 2 fully saturated rings. The predicted molar refractivity (Wildman–Crippen MR) is 93.5 cm³/mol. The van der Waals surface area contributed by atoms with Crippen molar-refractivity contribution in [3.8, 4) is 17.6 Å². The number of nitrogens with zero attached hydrogens (tertiary/aromatic N) is 2. The first kappa shape index (κ1) is 15.7. The van der Waals surface area contributed by atoms with Crippen LogP contribution in [-0.2, 0) is 0 Å². The number of fused-ring (bicyclic) bond motifs is 2. The number of carbonyl (C=O) groups excluding carboxylic acids is 1. The van der Waals surface area contributed by atoms with Crippen molar-refractivity contribution in [3.05, 3.63) is 59.7 Å². The average Bonchev–Trinajstić information content (AvgIpc) is 3.26. The van der Waals surface area contributed by atoms with Crippen LogP contribution in [0.2, 0.25) is 0 Å². The Balaban J connectivity index is 1.41. The summed E-state index contributed by atoms with van der Waals surface area (Å²) in [5.41, 5.74) is 1.11. The van der Waals surface area contributed by atoms with Gasteiger partial charge in [-0.25, -0.2) is 0 Å². The van der Waals surface area contributed by atoms with E-state index >= 15 is 0 Å². The molecule has 2 aliphatic heterocycles. The molecule has 1 N–H and O–H groups in total. The number of hydrogen-bond acceptors (Lipinski definition) is 4. The van der Waals surface area contributed by atoms with Gasteiger partial charge in [-0.15, -0.1) is 0 Å². The van der Waals surface area contributed by atoms with E-state index in [2.05, 4.69) is 16.3 Å². The maximum absolute atomic E-state index is 12.4. The van der Waals surface area contributed by atoms with Gasteiger partial charge in [0, 0.05) is 24.7 Å². The van der Waals surface area contributed by atoms with Crippen LogP contribution in [0.4, 0.5) is 0 Å². The summed E-state index contributed by atoms with van der Waals surface area (Å²) in [5.74, 6) is 1.67. The van der Waals surface area contributed by atoms with Crippen molar-refractivity contribution in [2.75, 3.05) is 19.6 Å².